The van der Waals surface area contributed by atoms with Gasteiger partial charge >= 0.3 is 5.97 Å². The quantitative estimate of drug-likeness (QED) is 0.260. The molecule has 1 aliphatic heterocycles. The lowest BCUT2D eigenvalue weighted by atomic mass is 9.55. The van der Waals surface area contributed by atoms with Crippen LogP contribution in [0.2, 0.25) is 0 Å². The minimum atomic E-state index is -1.08. The molecule has 4 aliphatic rings. The number of halogens is 1. The van der Waals surface area contributed by atoms with Gasteiger partial charge in [-0.05, 0) is 59.4 Å². The van der Waals surface area contributed by atoms with E-state index in [0.29, 0.717) is 12.1 Å². The number of aryl methyl sites for hydroxylation is 1. The average molecular weight is 616 g/mol. The van der Waals surface area contributed by atoms with Crippen LogP contribution in [0.3, 0.4) is 0 Å². The molecule has 3 atom stereocenters. The second-order valence-corrected chi connectivity index (χ2v) is 12.0. The molecule has 3 aromatic rings. The number of anilines is 1. The third-order valence-electron chi connectivity index (χ3n) is 8.71. The lowest BCUT2D eigenvalue weighted by Crippen LogP contribution is -2.47. The van der Waals surface area contributed by atoms with Gasteiger partial charge in [0.25, 0.3) is 5.91 Å². The Morgan fingerprint density at radius 2 is 1.44 bits per heavy atom. The van der Waals surface area contributed by atoms with Crippen molar-refractivity contribution in [3.63, 3.8) is 0 Å². The number of imide groups is 1. The molecule has 3 aliphatic carbocycles. The van der Waals surface area contributed by atoms with Crippen molar-refractivity contribution in [2.45, 2.75) is 51.0 Å². The second-order valence-electron chi connectivity index (χ2n) is 11.1. The van der Waals surface area contributed by atoms with E-state index in [0.717, 1.165) is 38.7 Å². The Labute approximate surface area is 247 Å². The molecule has 41 heavy (non-hydrogen) atoms. The van der Waals surface area contributed by atoms with Crippen molar-refractivity contribution >= 4 is 45.3 Å². The van der Waals surface area contributed by atoms with E-state index in [1.54, 1.807) is 6.07 Å². The molecule has 0 radical (unpaired) electrons. The van der Waals surface area contributed by atoms with Gasteiger partial charge in [0.15, 0.2) is 6.61 Å². The van der Waals surface area contributed by atoms with E-state index in [9.17, 15) is 19.2 Å². The molecule has 3 amide bonds. The summed E-state index contributed by atoms with van der Waals surface area (Å²) in [5.74, 6) is -3.52. The van der Waals surface area contributed by atoms with Crippen LogP contribution >= 0.6 is 15.9 Å². The van der Waals surface area contributed by atoms with E-state index < -0.39 is 36.4 Å². The molecule has 0 saturated carbocycles. The summed E-state index contributed by atoms with van der Waals surface area (Å²) in [6.07, 6.45) is 1.69. The lowest BCUT2D eigenvalue weighted by Gasteiger charge is -2.45. The molecule has 1 saturated heterocycles. The topological polar surface area (TPSA) is 92.8 Å². The number of unbranched alkanes of at least 4 members (excludes halogenated alkanes) is 1. The van der Waals surface area contributed by atoms with Crippen molar-refractivity contribution in [2.24, 2.45) is 11.8 Å². The van der Waals surface area contributed by atoms with Crippen LogP contribution in [0.4, 0.5) is 5.69 Å². The van der Waals surface area contributed by atoms with Crippen LogP contribution < -0.4 is 5.32 Å². The smallest absolute Gasteiger partial charge is 0.329 e. The average Bonchev–Trinajstić information content (AvgIpc) is 3.24. The monoisotopic (exact) mass is 614 g/mol. The van der Waals surface area contributed by atoms with Gasteiger partial charge in [-0.25, -0.2) is 4.79 Å². The fourth-order valence-corrected chi connectivity index (χ4v) is 7.42. The summed E-state index contributed by atoms with van der Waals surface area (Å²) < 4.78 is 6.34. The fraction of sp³-hybridized carbons (Fsp3) is 0.333. The fourth-order valence-electron chi connectivity index (χ4n) is 6.94. The molecule has 1 N–H and O–H groups in total. The van der Waals surface area contributed by atoms with Gasteiger partial charge in [0.1, 0.15) is 6.04 Å². The van der Waals surface area contributed by atoms with Crippen LogP contribution in [-0.2, 0) is 23.9 Å². The van der Waals surface area contributed by atoms with Crippen molar-refractivity contribution < 1.29 is 23.9 Å². The number of nitrogens with one attached hydrogen (secondary N) is 1. The van der Waals surface area contributed by atoms with Crippen LogP contribution in [-0.4, -0.2) is 41.2 Å². The summed E-state index contributed by atoms with van der Waals surface area (Å²) in [6.45, 7) is 3.33. The zero-order valence-corrected chi connectivity index (χ0v) is 24.5. The number of likely N-dealkylation sites (tertiary alicyclic amines) is 1. The minimum Gasteiger partial charge on any atom is -0.454 e. The predicted octanol–water partition coefficient (Wildman–Crippen LogP) is 5.69. The number of esters is 1. The Bertz CT molecular complexity index is 1450. The molecule has 1 fully saturated rings. The Hall–Kier alpha value is -3.78. The molecule has 0 unspecified atom stereocenters. The molecular weight excluding hydrogens is 584 g/mol. The van der Waals surface area contributed by atoms with Crippen molar-refractivity contribution in [1.29, 1.82) is 0 Å². The first-order valence-corrected chi connectivity index (χ1v) is 14.9. The van der Waals surface area contributed by atoms with Crippen molar-refractivity contribution in [3.05, 3.63) is 99.0 Å². The predicted molar refractivity (Wildman–Crippen MR) is 157 cm³/mol. The van der Waals surface area contributed by atoms with Gasteiger partial charge in [-0.15, -0.1) is 0 Å². The van der Waals surface area contributed by atoms with Gasteiger partial charge in [-0.3, -0.25) is 19.3 Å². The third-order valence-corrected chi connectivity index (χ3v) is 9.20. The highest BCUT2D eigenvalue weighted by molar-refractivity contribution is 9.10. The summed E-state index contributed by atoms with van der Waals surface area (Å²) in [6, 6.07) is 20.4. The summed E-state index contributed by atoms with van der Waals surface area (Å²) >= 11 is 3.40. The van der Waals surface area contributed by atoms with E-state index in [-0.39, 0.29) is 30.1 Å². The largest absolute Gasteiger partial charge is 0.454 e. The maximum atomic E-state index is 14.1. The zero-order valence-electron chi connectivity index (χ0n) is 22.9. The molecule has 7 rings (SSSR count). The first kappa shape index (κ1) is 27.4. The van der Waals surface area contributed by atoms with Gasteiger partial charge in [0.2, 0.25) is 11.8 Å². The highest BCUT2D eigenvalue weighted by atomic mass is 79.9. The highest BCUT2D eigenvalue weighted by Gasteiger charge is 2.63. The number of nitrogens with zero attached hydrogens (tertiary/aromatic N) is 1. The number of rotatable bonds is 8. The van der Waals surface area contributed by atoms with E-state index in [1.165, 1.54) is 4.90 Å². The van der Waals surface area contributed by atoms with E-state index in [4.69, 9.17) is 4.74 Å². The molecule has 0 spiro atoms. The molecule has 8 heteroatoms. The Balaban J connectivity index is 1.26. The number of carbonyl (C=O) groups excluding carboxylic acids is 4. The van der Waals surface area contributed by atoms with Crippen LogP contribution in [0, 0.1) is 18.8 Å². The van der Waals surface area contributed by atoms with E-state index >= 15 is 0 Å². The number of carbonyl (C=O) groups is 4. The van der Waals surface area contributed by atoms with Gasteiger partial charge < -0.3 is 10.1 Å². The normalized spacial score (nSPS) is 22.6. The maximum Gasteiger partial charge on any atom is 0.329 e. The Morgan fingerprint density at radius 3 is 1.93 bits per heavy atom. The standard InChI is InChI=1S/C33H31BrN2O5/c1-3-4-13-25(33(40)41-17-26(37)35-24-15-14-19(34)16-18(24)2)36-31(38)29-27-20-9-5-6-10-21(20)28(30(29)32(36)39)23-12-8-7-11-22(23)27/h5-12,14-16,25,27-30H,3-4,13,17H2,1-2H3,(H,35,37)/t25-,27?,28?,29-,30+/m1/s1. The molecule has 210 valence electrons. The van der Waals surface area contributed by atoms with Gasteiger partial charge in [0.05, 0.1) is 11.8 Å². The molecule has 7 nitrogen and oxygen atoms in total. The maximum absolute atomic E-state index is 14.1. The molecule has 1 heterocycles. The SMILES string of the molecule is CCCC[C@H](C(=O)OCC(=O)Nc1ccc(Br)cc1C)N1C(=O)[C@@H]2C3c4ccccc4C(c4ccccc43)[C@@H]2C1=O. The van der Waals surface area contributed by atoms with E-state index in [1.807, 2.05) is 74.5 Å². The molecule has 2 bridgehead atoms. The molecule has 0 aromatic heterocycles. The van der Waals surface area contributed by atoms with Crippen molar-refractivity contribution in [1.82, 2.24) is 4.90 Å². The number of amides is 3. The van der Waals surface area contributed by atoms with Crippen LogP contribution in [0.25, 0.3) is 0 Å². The molecule has 3 aromatic carbocycles. The second kappa shape index (κ2) is 10.9. The number of hydrogen-bond acceptors (Lipinski definition) is 5. The summed E-state index contributed by atoms with van der Waals surface area (Å²) in [5.41, 5.74) is 5.77. The lowest BCUT2D eigenvalue weighted by molar-refractivity contribution is -0.160. The summed E-state index contributed by atoms with van der Waals surface area (Å²) in [5, 5.41) is 2.76. The van der Waals surface area contributed by atoms with Crippen LogP contribution in [0.5, 0.6) is 0 Å². The first-order valence-electron chi connectivity index (χ1n) is 14.1. The number of benzene rings is 3. The van der Waals surface area contributed by atoms with Crippen LogP contribution in [0.1, 0.15) is 65.8 Å². The Kier molecular flexibility index (Phi) is 7.28. The van der Waals surface area contributed by atoms with E-state index in [2.05, 4.69) is 21.2 Å². The summed E-state index contributed by atoms with van der Waals surface area (Å²) in [4.78, 5) is 55.5. The Morgan fingerprint density at radius 1 is 0.902 bits per heavy atom. The zero-order chi connectivity index (χ0) is 28.8. The molecular formula is C33H31BrN2O5. The van der Waals surface area contributed by atoms with Crippen LogP contribution in [0.15, 0.2) is 71.2 Å². The first-order chi connectivity index (χ1) is 19.8. The van der Waals surface area contributed by atoms with Gasteiger partial charge in [-0.1, -0.05) is 84.2 Å². The summed E-state index contributed by atoms with van der Waals surface area (Å²) in [7, 11) is 0. The minimum absolute atomic E-state index is 0.248. The van der Waals surface area contributed by atoms with Crippen molar-refractivity contribution in [2.75, 3.05) is 11.9 Å². The number of ether oxygens (including phenoxy) is 1. The third kappa shape index (κ3) is 4.58. The van der Waals surface area contributed by atoms with Gasteiger partial charge in [-0.2, -0.15) is 0 Å². The highest BCUT2D eigenvalue weighted by Crippen LogP contribution is 2.61. The van der Waals surface area contributed by atoms with Gasteiger partial charge in [0, 0.05) is 22.0 Å². The number of hydrogen-bond donors (Lipinski definition) is 1. The van der Waals surface area contributed by atoms with Crippen molar-refractivity contribution in [3.8, 4) is 0 Å².